The monoisotopic (exact) mass is 353 g/mol. The number of aromatic nitrogens is 1. The van der Waals surface area contributed by atoms with E-state index in [1.54, 1.807) is 23.2 Å². The number of morpholine rings is 1. The van der Waals surface area contributed by atoms with E-state index in [0.717, 1.165) is 12.8 Å². The van der Waals surface area contributed by atoms with Crippen LogP contribution < -0.4 is 5.32 Å². The molecule has 1 aliphatic heterocycles. The Morgan fingerprint density at radius 1 is 1.43 bits per heavy atom. The predicted octanol–water partition coefficient (Wildman–Crippen LogP) is 0.964. The fourth-order valence-electron chi connectivity index (χ4n) is 2.29. The van der Waals surface area contributed by atoms with Crippen LogP contribution in [0.2, 0.25) is 0 Å². The number of rotatable bonds is 3. The Labute approximate surface area is 131 Å². The summed E-state index contributed by atoms with van der Waals surface area (Å²) < 4.78 is 5.86. The normalized spacial score (nSPS) is 22.0. The van der Waals surface area contributed by atoms with Crippen molar-refractivity contribution in [2.24, 2.45) is 0 Å². The summed E-state index contributed by atoms with van der Waals surface area (Å²) in [4.78, 5) is 30.6. The van der Waals surface area contributed by atoms with E-state index in [9.17, 15) is 9.59 Å². The highest BCUT2D eigenvalue weighted by atomic mass is 79.9. The fourth-order valence-corrected chi connectivity index (χ4v) is 2.71. The molecule has 3 rings (SSSR count). The molecule has 1 aliphatic carbocycles. The first-order chi connectivity index (χ1) is 10.2. The third-order valence-electron chi connectivity index (χ3n) is 3.61. The van der Waals surface area contributed by atoms with E-state index in [4.69, 9.17) is 4.74 Å². The first-order valence-corrected chi connectivity index (χ1v) is 7.75. The van der Waals surface area contributed by atoms with Crippen molar-refractivity contribution in [1.29, 1.82) is 0 Å². The van der Waals surface area contributed by atoms with Crippen molar-refractivity contribution in [3.63, 3.8) is 0 Å². The van der Waals surface area contributed by atoms with Gasteiger partial charge in [-0.15, -0.1) is 0 Å². The third-order valence-corrected chi connectivity index (χ3v) is 4.24. The third kappa shape index (κ3) is 3.24. The number of pyridine rings is 1. The fraction of sp³-hybridized carbons (Fsp3) is 0.500. The molecule has 0 bridgehead atoms. The van der Waals surface area contributed by atoms with Crippen molar-refractivity contribution < 1.29 is 14.3 Å². The van der Waals surface area contributed by atoms with Crippen molar-refractivity contribution >= 4 is 27.7 Å². The summed E-state index contributed by atoms with van der Waals surface area (Å²) in [6, 6.07) is 3.10. The van der Waals surface area contributed by atoms with Gasteiger partial charge in [0.05, 0.1) is 18.8 Å². The second-order valence-corrected chi connectivity index (χ2v) is 5.97. The maximum atomic E-state index is 12.7. The Bertz CT molecular complexity index is 562. The SMILES string of the molecule is O=C(NC1CC1)C1COCCN1C(=O)c1cccnc1Br. The molecule has 1 aromatic heterocycles. The quantitative estimate of drug-likeness (QED) is 0.821. The van der Waals surface area contributed by atoms with Gasteiger partial charge in [0.25, 0.3) is 5.91 Å². The number of hydrogen-bond acceptors (Lipinski definition) is 4. The minimum Gasteiger partial charge on any atom is -0.377 e. The lowest BCUT2D eigenvalue weighted by molar-refractivity contribution is -0.130. The van der Waals surface area contributed by atoms with Crippen molar-refractivity contribution in [1.82, 2.24) is 15.2 Å². The maximum Gasteiger partial charge on any atom is 0.257 e. The van der Waals surface area contributed by atoms with Crippen LogP contribution in [0.3, 0.4) is 0 Å². The van der Waals surface area contributed by atoms with Crippen molar-refractivity contribution in [3.8, 4) is 0 Å². The van der Waals surface area contributed by atoms with E-state index < -0.39 is 6.04 Å². The smallest absolute Gasteiger partial charge is 0.257 e. The average Bonchev–Trinajstić information content (AvgIpc) is 3.31. The summed E-state index contributed by atoms with van der Waals surface area (Å²) in [7, 11) is 0. The molecule has 1 unspecified atom stereocenters. The molecule has 0 radical (unpaired) electrons. The molecule has 1 N–H and O–H groups in total. The Hall–Kier alpha value is -1.47. The number of amides is 2. The van der Waals surface area contributed by atoms with Crippen LogP contribution in [-0.4, -0.2) is 53.5 Å². The van der Waals surface area contributed by atoms with Gasteiger partial charge < -0.3 is 15.0 Å². The molecule has 2 aliphatic rings. The topological polar surface area (TPSA) is 71.5 Å². The summed E-state index contributed by atoms with van der Waals surface area (Å²) in [5.41, 5.74) is 0.462. The molecule has 6 nitrogen and oxygen atoms in total. The van der Waals surface area contributed by atoms with Crippen LogP contribution in [0.5, 0.6) is 0 Å². The molecule has 1 aromatic rings. The molecule has 1 atom stereocenters. The van der Waals surface area contributed by atoms with Crippen LogP contribution in [0, 0.1) is 0 Å². The van der Waals surface area contributed by atoms with Crippen LogP contribution in [-0.2, 0) is 9.53 Å². The predicted molar refractivity (Wildman–Crippen MR) is 78.7 cm³/mol. The zero-order valence-electron chi connectivity index (χ0n) is 11.4. The molecule has 112 valence electrons. The van der Waals surface area contributed by atoms with Crippen LogP contribution in [0.1, 0.15) is 23.2 Å². The van der Waals surface area contributed by atoms with Gasteiger partial charge in [0.1, 0.15) is 10.6 Å². The van der Waals surface area contributed by atoms with Gasteiger partial charge >= 0.3 is 0 Å². The Morgan fingerprint density at radius 3 is 2.95 bits per heavy atom. The molecule has 21 heavy (non-hydrogen) atoms. The summed E-state index contributed by atoms with van der Waals surface area (Å²) in [6.45, 7) is 1.09. The lowest BCUT2D eigenvalue weighted by Gasteiger charge is -2.34. The molecular weight excluding hydrogens is 338 g/mol. The van der Waals surface area contributed by atoms with Gasteiger partial charge in [0, 0.05) is 18.8 Å². The van der Waals surface area contributed by atoms with E-state index in [0.29, 0.717) is 23.3 Å². The van der Waals surface area contributed by atoms with E-state index in [2.05, 4.69) is 26.2 Å². The average molecular weight is 354 g/mol. The van der Waals surface area contributed by atoms with Gasteiger partial charge in [-0.1, -0.05) is 0 Å². The lowest BCUT2D eigenvalue weighted by Crippen LogP contribution is -2.56. The highest BCUT2D eigenvalue weighted by Gasteiger charge is 2.36. The Morgan fingerprint density at radius 2 is 2.24 bits per heavy atom. The second-order valence-electron chi connectivity index (χ2n) is 5.21. The minimum atomic E-state index is -0.570. The first-order valence-electron chi connectivity index (χ1n) is 6.96. The number of halogens is 1. The highest BCUT2D eigenvalue weighted by molar-refractivity contribution is 9.10. The standard InChI is InChI=1S/C14H16BrN3O3/c15-12-10(2-1-5-16-12)14(20)18-6-7-21-8-11(18)13(19)17-9-3-4-9/h1-2,5,9,11H,3-4,6-8H2,(H,17,19). The summed E-state index contributed by atoms with van der Waals surface area (Å²) in [6.07, 6.45) is 3.64. The summed E-state index contributed by atoms with van der Waals surface area (Å²) >= 11 is 3.28. The van der Waals surface area contributed by atoms with Gasteiger partial charge in [0.2, 0.25) is 5.91 Å². The van der Waals surface area contributed by atoms with E-state index in [1.165, 1.54) is 0 Å². The molecule has 1 saturated carbocycles. The van der Waals surface area contributed by atoms with Crippen LogP contribution in [0.4, 0.5) is 0 Å². The summed E-state index contributed by atoms with van der Waals surface area (Å²) in [5.74, 6) is -0.334. The van der Waals surface area contributed by atoms with E-state index >= 15 is 0 Å². The Kier molecular flexibility index (Phi) is 4.21. The molecule has 1 saturated heterocycles. The van der Waals surface area contributed by atoms with Crippen LogP contribution >= 0.6 is 15.9 Å². The van der Waals surface area contributed by atoms with Gasteiger partial charge in [-0.3, -0.25) is 9.59 Å². The second kappa shape index (κ2) is 6.11. The molecule has 7 heteroatoms. The van der Waals surface area contributed by atoms with Gasteiger partial charge in [-0.05, 0) is 40.9 Å². The zero-order chi connectivity index (χ0) is 14.8. The van der Waals surface area contributed by atoms with Crippen LogP contribution in [0.25, 0.3) is 0 Å². The Balaban J connectivity index is 1.78. The molecule has 0 spiro atoms. The number of carbonyl (C=O) groups is 2. The van der Waals surface area contributed by atoms with Gasteiger partial charge in [0.15, 0.2) is 0 Å². The molecule has 0 aromatic carbocycles. The number of nitrogens with zero attached hydrogens (tertiary/aromatic N) is 2. The summed E-state index contributed by atoms with van der Waals surface area (Å²) in [5, 5.41) is 2.93. The van der Waals surface area contributed by atoms with Crippen molar-refractivity contribution in [2.45, 2.75) is 24.9 Å². The molecule has 2 heterocycles. The molecular formula is C14H16BrN3O3. The maximum absolute atomic E-state index is 12.7. The van der Waals surface area contributed by atoms with E-state index in [-0.39, 0.29) is 24.5 Å². The molecule has 2 fully saturated rings. The largest absolute Gasteiger partial charge is 0.377 e. The minimum absolute atomic E-state index is 0.134. The zero-order valence-corrected chi connectivity index (χ0v) is 13.0. The van der Waals surface area contributed by atoms with E-state index in [1.807, 2.05) is 0 Å². The first kappa shape index (κ1) is 14.5. The van der Waals surface area contributed by atoms with Crippen molar-refractivity contribution in [3.05, 3.63) is 28.5 Å². The number of carbonyl (C=O) groups excluding carboxylic acids is 2. The molecule has 2 amide bonds. The van der Waals surface area contributed by atoms with Gasteiger partial charge in [-0.2, -0.15) is 0 Å². The number of hydrogen-bond donors (Lipinski definition) is 1. The number of ether oxygens (including phenoxy) is 1. The highest BCUT2D eigenvalue weighted by Crippen LogP contribution is 2.21. The number of nitrogens with one attached hydrogen (secondary N) is 1. The van der Waals surface area contributed by atoms with Crippen LogP contribution in [0.15, 0.2) is 22.9 Å². The lowest BCUT2D eigenvalue weighted by atomic mass is 10.1. The van der Waals surface area contributed by atoms with Crippen molar-refractivity contribution in [2.75, 3.05) is 19.8 Å². The van der Waals surface area contributed by atoms with Gasteiger partial charge in [-0.25, -0.2) is 4.98 Å².